The van der Waals surface area contributed by atoms with Crippen molar-refractivity contribution in [1.82, 2.24) is 0 Å². The van der Waals surface area contributed by atoms with Gasteiger partial charge in [0.2, 0.25) is 0 Å². The number of hydrogen-bond acceptors (Lipinski definition) is 5. The average molecular weight is 463 g/mol. The van der Waals surface area contributed by atoms with Gasteiger partial charge in [-0.3, -0.25) is 0 Å². The second-order valence-electron chi connectivity index (χ2n) is 8.09. The summed E-state index contributed by atoms with van der Waals surface area (Å²) < 4.78 is 16.1. The molecule has 0 fully saturated rings. The van der Waals surface area contributed by atoms with E-state index in [1.165, 1.54) is 14.2 Å². The molecule has 5 nitrogen and oxygen atoms in total. The van der Waals surface area contributed by atoms with Crippen LogP contribution in [0.2, 0.25) is 0 Å². The maximum Gasteiger partial charge on any atom is 0.338 e. The molecule has 0 saturated heterocycles. The zero-order chi connectivity index (χ0) is 24.4. The second kappa shape index (κ2) is 9.31. The first-order valence-corrected chi connectivity index (χ1v) is 11.1. The minimum absolute atomic E-state index is 0.341. The smallest absolute Gasteiger partial charge is 0.338 e. The summed E-state index contributed by atoms with van der Waals surface area (Å²) in [5.41, 5.74) is 2.25. The Hall–Kier alpha value is -4.64. The van der Waals surface area contributed by atoms with Crippen LogP contribution in [0.1, 0.15) is 20.7 Å². The molecule has 172 valence electrons. The van der Waals surface area contributed by atoms with Gasteiger partial charge in [-0.25, -0.2) is 9.59 Å². The first-order valence-electron chi connectivity index (χ1n) is 11.1. The van der Waals surface area contributed by atoms with Crippen LogP contribution < -0.4 is 4.74 Å². The Morgan fingerprint density at radius 3 is 1.89 bits per heavy atom. The summed E-state index contributed by atoms with van der Waals surface area (Å²) in [5, 5.41) is 3.95. The van der Waals surface area contributed by atoms with Crippen LogP contribution in [0.4, 0.5) is 0 Å². The normalized spacial score (nSPS) is 10.8. The van der Waals surface area contributed by atoms with Gasteiger partial charge < -0.3 is 14.2 Å². The van der Waals surface area contributed by atoms with Gasteiger partial charge in [-0.05, 0) is 87.3 Å². The van der Waals surface area contributed by atoms with Gasteiger partial charge >= 0.3 is 11.9 Å². The van der Waals surface area contributed by atoms with Gasteiger partial charge in [0.05, 0.1) is 25.3 Å². The minimum atomic E-state index is -0.483. The molecule has 5 heteroatoms. The summed E-state index contributed by atoms with van der Waals surface area (Å²) >= 11 is 0. The highest BCUT2D eigenvalue weighted by atomic mass is 16.5. The van der Waals surface area contributed by atoms with Crippen molar-refractivity contribution in [2.45, 2.75) is 0 Å². The zero-order valence-corrected chi connectivity index (χ0v) is 19.3. The van der Waals surface area contributed by atoms with Crippen LogP contribution in [-0.4, -0.2) is 26.2 Å². The first kappa shape index (κ1) is 22.2. The number of rotatable bonds is 5. The number of fused-ring (bicyclic) bond motifs is 2. The summed E-state index contributed by atoms with van der Waals surface area (Å²) in [5.74, 6) is 0.195. The summed E-state index contributed by atoms with van der Waals surface area (Å²) in [6.07, 6.45) is 0. The molecular formula is C30H22O5. The Morgan fingerprint density at radius 2 is 1.20 bits per heavy atom. The van der Waals surface area contributed by atoms with E-state index in [-0.39, 0.29) is 0 Å². The zero-order valence-electron chi connectivity index (χ0n) is 19.3. The molecule has 5 aromatic rings. The molecule has 0 spiro atoms. The number of carbonyl (C=O) groups excluding carboxylic acids is 2. The van der Waals surface area contributed by atoms with Crippen molar-refractivity contribution in [3.05, 3.63) is 108 Å². The van der Waals surface area contributed by atoms with E-state index < -0.39 is 11.9 Å². The maximum atomic E-state index is 12.5. The van der Waals surface area contributed by atoms with Crippen LogP contribution in [0.25, 0.3) is 32.7 Å². The molecule has 0 N–H and O–H groups in total. The lowest BCUT2D eigenvalue weighted by Crippen LogP contribution is -2.03. The predicted octanol–water partition coefficient (Wildman–Crippen LogP) is 7.03. The average Bonchev–Trinajstić information content (AvgIpc) is 2.90. The molecule has 0 bridgehead atoms. The third kappa shape index (κ3) is 4.44. The fourth-order valence-electron chi connectivity index (χ4n) is 4.20. The van der Waals surface area contributed by atoms with Gasteiger partial charge in [-0.2, -0.15) is 0 Å². The number of carbonyl (C=O) groups is 2. The molecule has 0 radical (unpaired) electrons. The van der Waals surface area contributed by atoms with Gasteiger partial charge in [0.1, 0.15) is 11.5 Å². The third-order valence-corrected chi connectivity index (χ3v) is 5.86. The molecule has 5 aromatic carbocycles. The van der Waals surface area contributed by atoms with Crippen LogP contribution in [0.5, 0.6) is 11.5 Å². The summed E-state index contributed by atoms with van der Waals surface area (Å²) in [6.45, 7) is 0. The summed E-state index contributed by atoms with van der Waals surface area (Å²) in [7, 11) is 2.70. The first-order chi connectivity index (χ1) is 17.1. The number of esters is 2. The van der Waals surface area contributed by atoms with Gasteiger partial charge in [-0.15, -0.1) is 0 Å². The lowest BCUT2D eigenvalue weighted by molar-refractivity contribution is 0.0591. The summed E-state index contributed by atoms with van der Waals surface area (Å²) in [4.78, 5) is 25.0. The molecule has 0 saturated carbocycles. The molecule has 0 aliphatic heterocycles. The van der Waals surface area contributed by atoms with Crippen molar-refractivity contribution in [3.8, 4) is 22.6 Å². The molecule has 5 rings (SSSR count). The van der Waals surface area contributed by atoms with Crippen LogP contribution in [0.3, 0.4) is 0 Å². The molecule has 0 unspecified atom stereocenters. The topological polar surface area (TPSA) is 61.8 Å². The van der Waals surface area contributed by atoms with Crippen molar-refractivity contribution in [1.29, 1.82) is 0 Å². The van der Waals surface area contributed by atoms with E-state index in [0.717, 1.165) is 27.1 Å². The molecule has 35 heavy (non-hydrogen) atoms. The van der Waals surface area contributed by atoms with Gasteiger partial charge in [0.25, 0.3) is 0 Å². The fourth-order valence-corrected chi connectivity index (χ4v) is 4.20. The molecule has 0 heterocycles. The predicted molar refractivity (Wildman–Crippen MR) is 136 cm³/mol. The van der Waals surface area contributed by atoms with Crippen molar-refractivity contribution >= 4 is 33.5 Å². The minimum Gasteiger partial charge on any atom is -0.465 e. The second-order valence-corrected chi connectivity index (χ2v) is 8.09. The number of methoxy groups -OCH3 is 2. The van der Waals surface area contributed by atoms with Crippen LogP contribution in [-0.2, 0) is 9.47 Å². The monoisotopic (exact) mass is 462 g/mol. The number of hydrogen-bond donors (Lipinski definition) is 0. The van der Waals surface area contributed by atoms with Gasteiger partial charge in [0.15, 0.2) is 0 Å². The van der Waals surface area contributed by atoms with Crippen LogP contribution >= 0.6 is 0 Å². The van der Waals surface area contributed by atoms with Gasteiger partial charge in [-0.1, -0.05) is 42.5 Å². The standard InChI is InChI=1S/C30H22O5/c1-33-29(31)23-14-22(15-26(16-23)35-25-10-4-3-5-11-25)28-18-24(30(32)34-2)13-21-12-19-8-6-7-9-20(19)17-27(21)28/h3-18H,1-2H3. The Morgan fingerprint density at radius 1 is 0.571 bits per heavy atom. The highest BCUT2D eigenvalue weighted by molar-refractivity contribution is 6.08. The van der Waals surface area contributed by atoms with E-state index in [0.29, 0.717) is 28.2 Å². The lowest BCUT2D eigenvalue weighted by Gasteiger charge is -2.14. The molecule has 0 aliphatic rings. The van der Waals surface area contributed by atoms with Crippen molar-refractivity contribution in [3.63, 3.8) is 0 Å². The lowest BCUT2D eigenvalue weighted by atomic mass is 9.92. The number of para-hydroxylation sites is 1. The molecule has 0 aliphatic carbocycles. The Bertz CT molecular complexity index is 1570. The van der Waals surface area contributed by atoms with Crippen LogP contribution in [0.15, 0.2) is 97.1 Å². The van der Waals surface area contributed by atoms with E-state index in [1.807, 2.05) is 72.8 Å². The Kier molecular flexibility index (Phi) is 5.90. The molecule has 0 atom stereocenters. The largest absolute Gasteiger partial charge is 0.465 e. The van der Waals surface area contributed by atoms with Crippen molar-refractivity contribution in [2.24, 2.45) is 0 Å². The van der Waals surface area contributed by atoms with Crippen LogP contribution in [0, 0.1) is 0 Å². The SMILES string of the molecule is COC(=O)c1cc(Oc2ccccc2)cc(-c2cc(C(=O)OC)cc3cc4ccccc4cc23)c1. The van der Waals surface area contributed by atoms with E-state index in [1.54, 1.807) is 18.2 Å². The van der Waals surface area contributed by atoms with Crippen molar-refractivity contribution in [2.75, 3.05) is 14.2 Å². The van der Waals surface area contributed by atoms with E-state index in [2.05, 4.69) is 6.07 Å². The summed E-state index contributed by atoms with van der Waals surface area (Å²) in [6, 6.07) is 30.3. The van der Waals surface area contributed by atoms with Gasteiger partial charge in [0, 0.05) is 0 Å². The fraction of sp³-hybridized carbons (Fsp3) is 0.0667. The maximum absolute atomic E-state index is 12.5. The quantitative estimate of drug-likeness (QED) is 0.207. The number of benzene rings is 5. The highest BCUT2D eigenvalue weighted by Crippen LogP contribution is 2.36. The number of ether oxygens (including phenoxy) is 3. The van der Waals surface area contributed by atoms with Crippen molar-refractivity contribution < 1.29 is 23.8 Å². The Balaban J connectivity index is 1.77. The highest BCUT2D eigenvalue weighted by Gasteiger charge is 2.17. The molecule has 0 amide bonds. The molecule has 0 aromatic heterocycles. The van der Waals surface area contributed by atoms with E-state index >= 15 is 0 Å². The molecular weight excluding hydrogens is 440 g/mol. The van der Waals surface area contributed by atoms with E-state index in [4.69, 9.17) is 14.2 Å². The van der Waals surface area contributed by atoms with E-state index in [9.17, 15) is 9.59 Å². The third-order valence-electron chi connectivity index (χ3n) is 5.86. The Labute approximate surface area is 202 Å².